The number of carbonyl (C=O) groups is 2. The average Bonchev–Trinajstić information content (AvgIpc) is 3.05. The maximum Gasteiger partial charge on any atom is 0.326 e. The fraction of sp³-hybridized carbons (Fsp3) is 0.333. The topological polar surface area (TPSA) is 87.8 Å². The fourth-order valence-electron chi connectivity index (χ4n) is 2.42. The maximum atomic E-state index is 12.4. The normalized spacial score (nSPS) is 18.9. The van der Waals surface area contributed by atoms with Gasteiger partial charge in [0.1, 0.15) is 11.6 Å². The van der Waals surface area contributed by atoms with Gasteiger partial charge < -0.3 is 10.0 Å². The van der Waals surface area contributed by atoms with Crippen molar-refractivity contribution in [3.8, 4) is 0 Å². The van der Waals surface area contributed by atoms with Crippen LogP contribution in [0, 0.1) is 0 Å². The van der Waals surface area contributed by atoms with Crippen molar-refractivity contribution in [1.82, 2.24) is 19.7 Å². The highest BCUT2D eigenvalue weighted by molar-refractivity contribution is 6.02. The molecule has 2 aromatic heterocycles. The summed E-state index contributed by atoms with van der Waals surface area (Å²) in [5.41, 5.74) is 0.977. The van der Waals surface area contributed by atoms with E-state index in [1.54, 1.807) is 18.3 Å². The Kier molecular flexibility index (Phi) is 2.66. The summed E-state index contributed by atoms with van der Waals surface area (Å²) in [4.78, 5) is 24.9. The van der Waals surface area contributed by atoms with E-state index in [1.807, 2.05) is 0 Å². The Balaban J connectivity index is 1.98. The van der Waals surface area contributed by atoms with Crippen LogP contribution in [-0.2, 0) is 4.79 Å². The molecule has 0 radical (unpaired) electrons. The van der Waals surface area contributed by atoms with Crippen molar-refractivity contribution in [2.24, 2.45) is 0 Å². The molecule has 0 aromatic carbocycles. The minimum absolute atomic E-state index is 0.298. The summed E-state index contributed by atoms with van der Waals surface area (Å²) in [5, 5.41) is 17.1. The highest BCUT2D eigenvalue weighted by atomic mass is 16.4. The average molecular weight is 260 g/mol. The number of hydrogen-bond acceptors (Lipinski definition) is 4. The van der Waals surface area contributed by atoms with Crippen LogP contribution in [0.5, 0.6) is 0 Å². The molecular weight excluding hydrogens is 248 g/mol. The number of rotatable bonds is 2. The van der Waals surface area contributed by atoms with E-state index in [-0.39, 0.29) is 5.91 Å². The van der Waals surface area contributed by atoms with E-state index in [0.717, 1.165) is 0 Å². The molecule has 1 aliphatic heterocycles. The van der Waals surface area contributed by atoms with E-state index in [0.29, 0.717) is 30.5 Å². The molecule has 0 spiro atoms. The third kappa shape index (κ3) is 1.83. The first-order valence-corrected chi connectivity index (χ1v) is 6.01. The second kappa shape index (κ2) is 4.34. The van der Waals surface area contributed by atoms with E-state index in [9.17, 15) is 9.59 Å². The van der Waals surface area contributed by atoms with Gasteiger partial charge in [0.2, 0.25) is 0 Å². The lowest BCUT2D eigenvalue weighted by molar-refractivity contribution is -0.141. The van der Waals surface area contributed by atoms with Crippen molar-refractivity contribution in [1.29, 1.82) is 0 Å². The molecule has 7 nitrogen and oxygen atoms in total. The predicted molar refractivity (Wildman–Crippen MR) is 64.7 cm³/mol. The van der Waals surface area contributed by atoms with Gasteiger partial charge in [-0.1, -0.05) is 0 Å². The van der Waals surface area contributed by atoms with Gasteiger partial charge in [0, 0.05) is 12.7 Å². The number of carboxylic acids is 1. The summed E-state index contributed by atoms with van der Waals surface area (Å²) >= 11 is 0. The molecule has 98 valence electrons. The predicted octanol–water partition coefficient (Wildman–Crippen LogP) is 0.418. The van der Waals surface area contributed by atoms with Gasteiger partial charge >= 0.3 is 5.97 Å². The number of carbonyl (C=O) groups excluding carboxylic acids is 1. The molecule has 3 rings (SSSR count). The Hall–Kier alpha value is -2.44. The number of likely N-dealkylation sites (tertiary alicyclic amines) is 1. The zero-order valence-corrected chi connectivity index (χ0v) is 10.1. The van der Waals surface area contributed by atoms with E-state index in [4.69, 9.17) is 5.11 Å². The lowest BCUT2D eigenvalue weighted by Crippen LogP contribution is -2.40. The van der Waals surface area contributed by atoms with Crippen LogP contribution in [0.25, 0.3) is 5.52 Å². The third-order valence-corrected chi connectivity index (χ3v) is 3.33. The first kappa shape index (κ1) is 11.6. The number of aromatic nitrogens is 3. The van der Waals surface area contributed by atoms with E-state index >= 15 is 0 Å². The maximum absolute atomic E-state index is 12.4. The van der Waals surface area contributed by atoms with E-state index in [2.05, 4.69) is 10.2 Å². The van der Waals surface area contributed by atoms with Crippen LogP contribution in [0.1, 0.15) is 23.2 Å². The van der Waals surface area contributed by atoms with Crippen molar-refractivity contribution in [2.75, 3.05) is 6.54 Å². The molecule has 0 unspecified atom stereocenters. The number of carboxylic acid groups (broad SMARTS) is 1. The summed E-state index contributed by atoms with van der Waals surface area (Å²) in [6, 6.07) is 2.71. The van der Waals surface area contributed by atoms with Gasteiger partial charge in [-0.25, -0.2) is 4.79 Å². The molecule has 0 bridgehead atoms. The van der Waals surface area contributed by atoms with E-state index < -0.39 is 12.0 Å². The van der Waals surface area contributed by atoms with Crippen LogP contribution < -0.4 is 0 Å². The summed E-state index contributed by atoms with van der Waals surface area (Å²) in [6.45, 7) is 0.466. The van der Waals surface area contributed by atoms with Crippen molar-refractivity contribution >= 4 is 17.4 Å². The van der Waals surface area contributed by atoms with Crippen molar-refractivity contribution in [3.05, 3.63) is 30.1 Å². The van der Waals surface area contributed by atoms with Crippen LogP contribution in [0.2, 0.25) is 0 Å². The third-order valence-electron chi connectivity index (χ3n) is 3.33. The molecule has 7 heteroatoms. The Bertz CT molecular complexity index is 651. The minimum Gasteiger partial charge on any atom is -0.480 e. The Morgan fingerprint density at radius 3 is 3.00 bits per heavy atom. The number of amides is 1. The second-order valence-electron chi connectivity index (χ2n) is 4.45. The van der Waals surface area contributed by atoms with Gasteiger partial charge in [0.25, 0.3) is 5.91 Å². The van der Waals surface area contributed by atoms with Crippen molar-refractivity contribution in [2.45, 2.75) is 18.9 Å². The molecule has 3 heterocycles. The highest BCUT2D eigenvalue weighted by Crippen LogP contribution is 2.21. The SMILES string of the molecule is O=C(O)[C@@H]1CCCN1C(=O)c1cnn2ncccc12. The monoisotopic (exact) mass is 260 g/mol. The summed E-state index contributed by atoms with van der Waals surface area (Å²) in [7, 11) is 0. The van der Waals surface area contributed by atoms with Crippen molar-refractivity contribution in [3.63, 3.8) is 0 Å². The number of aliphatic carboxylic acids is 1. The summed E-state index contributed by atoms with van der Waals surface area (Å²) in [5.74, 6) is -1.26. The first-order chi connectivity index (χ1) is 9.18. The standard InChI is InChI=1S/C12H12N4O3/c17-11(15-6-2-4-10(15)12(18)19)8-7-14-16-9(8)3-1-5-13-16/h1,3,5,7,10H,2,4,6H2,(H,18,19)/t10-/m0/s1. The molecule has 1 amide bonds. The molecule has 1 fully saturated rings. The van der Waals surface area contributed by atoms with Gasteiger partial charge in [0.05, 0.1) is 11.8 Å². The molecular formula is C12H12N4O3. The van der Waals surface area contributed by atoms with Crippen LogP contribution in [0.4, 0.5) is 0 Å². The number of fused-ring (bicyclic) bond motifs is 1. The first-order valence-electron chi connectivity index (χ1n) is 6.01. The molecule has 0 aliphatic carbocycles. The summed E-state index contributed by atoms with van der Waals surface area (Å²) in [6.07, 6.45) is 4.21. The largest absolute Gasteiger partial charge is 0.480 e. The van der Waals surface area contributed by atoms with Gasteiger partial charge in [-0.15, -0.1) is 0 Å². The molecule has 1 saturated heterocycles. The van der Waals surface area contributed by atoms with Crippen LogP contribution in [-0.4, -0.2) is 49.3 Å². The molecule has 1 atom stereocenters. The highest BCUT2D eigenvalue weighted by Gasteiger charge is 2.35. The Labute approximate surface area is 108 Å². The number of hydrogen-bond donors (Lipinski definition) is 1. The van der Waals surface area contributed by atoms with Crippen LogP contribution >= 0.6 is 0 Å². The smallest absolute Gasteiger partial charge is 0.326 e. The summed E-state index contributed by atoms with van der Waals surface area (Å²) < 4.78 is 1.36. The second-order valence-corrected chi connectivity index (χ2v) is 4.45. The molecule has 19 heavy (non-hydrogen) atoms. The Morgan fingerprint density at radius 2 is 2.21 bits per heavy atom. The fourth-order valence-corrected chi connectivity index (χ4v) is 2.42. The quantitative estimate of drug-likeness (QED) is 0.845. The molecule has 0 saturated carbocycles. The van der Waals surface area contributed by atoms with Gasteiger partial charge in [-0.05, 0) is 25.0 Å². The van der Waals surface area contributed by atoms with Crippen LogP contribution in [0.3, 0.4) is 0 Å². The van der Waals surface area contributed by atoms with Crippen molar-refractivity contribution < 1.29 is 14.7 Å². The lowest BCUT2D eigenvalue weighted by Gasteiger charge is -2.20. The molecule has 1 aliphatic rings. The van der Waals surface area contributed by atoms with Crippen LogP contribution in [0.15, 0.2) is 24.5 Å². The lowest BCUT2D eigenvalue weighted by atomic mass is 10.2. The van der Waals surface area contributed by atoms with E-state index in [1.165, 1.54) is 15.7 Å². The zero-order chi connectivity index (χ0) is 13.4. The van der Waals surface area contributed by atoms with Gasteiger partial charge in [-0.3, -0.25) is 4.79 Å². The minimum atomic E-state index is -0.958. The van der Waals surface area contributed by atoms with Gasteiger partial charge in [0.15, 0.2) is 0 Å². The zero-order valence-electron chi connectivity index (χ0n) is 10.1. The molecule has 1 N–H and O–H groups in total. The Morgan fingerprint density at radius 1 is 1.37 bits per heavy atom. The molecule has 2 aromatic rings. The number of nitrogens with zero attached hydrogens (tertiary/aromatic N) is 4. The van der Waals surface area contributed by atoms with Gasteiger partial charge in [-0.2, -0.15) is 14.8 Å².